The number of amides is 1. The Kier molecular flexibility index (Phi) is 7.82. The van der Waals surface area contributed by atoms with Crippen LogP contribution < -0.4 is 10.1 Å². The largest absolute Gasteiger partial charge is 0.489 e. The Morgan fingerprint density at radius 3 is 2.52 bits per heavy atom. The van der Waals surface area contributed by atoms with E-state index in [0.29, 0.717) is 48.8 Å². The second kappa shape index (κ2) is 10.1. The number of piperidine rings is 1. The molecule has 162 valence electrons. The average Bonchev–Trinajstić information content (AvgIpc) is 3.20. The summed E-state index contributed by atoms with van der Waals surface area (Å²) in [6, 6.07) is 5.08. The number of halogens is 1. The highest BCUT2D eigenvalue weighted by atomic mass is 35.5. The third-order valence-corrected chi connectivity index (χ3v) is 7.51. The topological polar surface area (TPSA) is 75.7 Å². The quantitative estimate of drug-likeness (QED) is 0.620. The molecule has 8 heteroatoms. The second-order valence-electron chi connectivity index (χ2n) is 8.17. The third-order valence-electron chi connectivity index (χ3n) is 5.91. The molecule has 2 aliphatic rings. The summed E-state index contributed by atoms with van der Waals surface area (Å²) in [5.74, 6) is 1.25. The summed E-state index contributed by atoms with van der Waals surface area (Å²) in [7, 11) is -3.15. The highest BCUT2D eigenvalue weighted by Crippen LogP contribution is 2.29. The molecule has 0 radical (unpaired) electrons. The van der Waals surface area contributed by atoms with Gasteiger partial charge in [-0.05, 0) is 49.8 Å². The molecule has 1 amide bonds. The summed E-state index contributed by atoms with van der Waals surface area (Å²) in [6.45, 7) is 1.58. The molecule has 6 nitrogen and oxygen atoms in total. The lowest BCUT2D eigenvalue weighted by molar-refractivity contribution is 0.0952. The smallest absolute Gasteiger partial charge is 0.251 e. The lowest BCUT2D eigenvalue weighted by atomic mass is 10.0. The molecule has 1 aromatic carbocycles. The molecule has 0 bridgehead atoms. The molecule has 3 rings (SSSR count). The van der Waals surface area contributed by atoms with Gasteiger partial charge in [0.05, 0.1) is 11.3 Å². The first-order valence-electron chi connectivity index (χ1n) is 10.5. The maximum Gasteiger partial charge on any atom is 0.251 e. The Hall–Kier alpha value is -1.31. The van der Waals surface area contributed by atoms with Crippen molar-refractivity contribution in [2.45, 2.75) is 57.5 Å². The maximum absolute atomic E-state index is 12.4. The van der Waals surface area contributed by atoms with Crippen LogP contribution in [-0.2, 0) is 10.0 Å². The SMILES string of the molecule is CS(=O)(=O)N1CCC(Oc2ccc(C(=O)NCCCC3CCCC3)cc2Cl)CC1. The van der Waals surface area contributed by atoms with Gasteiger partial charge in [0, 0.05) is 25.2 Å². The number of nitrogens with zero attached hydrogens (tertiary/aromatic N) is 1. The van der Waals surface area contributed by atoms with E-state index in [9.17, 15) is 13.2 Å². The molecular weight excluding hydrogens is 412 g/mol. The van der Waals surface area contributed by atoms with Gasteiger partial charge in [-0.3, -0.25) is 4.79 Å². The first kappa shape index (κ1) is 22.4. The highest BCUT2D eigenvalue weighted by Gasteiger charge is 2.26. The van der Waals surface area contributed by atoms with Gasteiger partial charge in [0.1, 0.15) is 11.9 Å². The lowest BCUT2D eigenvalue weighted by Gasteiger charge is -2.30. The standard InChI is InChI=1S/C21H31ClN2O4S/c1-29(26,27)24-13-10-18(11-14-24)28-20-9-8-17(15-19(20)22)21(25)23-12-4-7-16-5-2-3-6-16/h8-9,15-16,18H,2-7,10-14H2,1H3,(H,23,25). The summed E-state index contributed by atoms with van der Waals surface area (Å²) in [4.78, 5) is 12.4. The zero-order valence-electron chi connectivity index (χ0n) is 17.0. The molecule has 0 atom stereocenters. The van der Waals surface area contributed by atoms with Gasteiger partial charge in [0.15, 0.2) is 0 Å². The zero-order valence-corrected chi connectivity index (χ0v) is 18.6. The van der Waals surface area contributed by atoms with Crippen molar-refractivity contribution in [2.75, 3.05) is 25.9 Å². The van der Waals surface area contributed by atoms with E-state index in [2.05, 4.69) is 5.32 Å². The molecule has 29 heavy (non-hydrogen) atoms. The van der Waals surface area contributed by atoms with Crippen LogP contribution in [0.3, 0.4) is 0 Å². The predicted molar refractivity (Wildman–Crippen MR) is 115 cm³/mol. The van der Waals surface area contributed by atoms with E-state index in [1.54, 1.807) is 18.2 Å². The number of hydrogen-bond donors (Lipinski definition) is 1. The Bertz CT molecular complexity index is 801. The first-order valence-corrected chi connectivity index (χ1v) is 12.7. The van der Waals surface area contributed by atoms with Gasteiger partial charge >= 0.3 is 0 Å². The van der Waals surface area contributed by atoms with E-state index in [1.165, 1.54) is 42.7 Å². The minimum absolute atomic E-state index is 0.0826. The number of rotatable bonds is 8. The molecule has 1 aliphatic heterocycles. The number of sulfonamides is 1. The molecule has 2 fully saturated rings. The van der Waals surface area contributed by atoms with E-state index in [-0.39, 0.29) is 12.0 Å². The summed E-state index contributed by atoms with van der Waals surface area (Å²) in [5.41, 5.74) is 0.523. The predicted octanol–water partition coefficient (Wildman–Crippen LogP) is 3.84. The van der Waals surface area contributed by atoms with E-state index < -0.39 is 10.0 Å². The van der Waals surface area contributed by atoms with Gasteiger partial charge in [-0.15, -0.1) is 0 Å². The van der Waals surface area contributed by atoms with Crippen LogP contribution in [0.25, 0.3) is 0 Å². The molecule has 1 aromatic rings. The molecule has 1 saturated heterocycles. The molecule has 1 N–H and O–H groups in total. The number of carbonyl (C=O) groups is 1. The molecule has 0 spiro atoms. The lowest BCUT2D eigenvalue weighted by Crippen LogP contribution is -2.41. The van der Waals surface area contributed by atoms with Crippen LogP contribution in [-0.4, -0.2) is 50.6 Å². The molecule has 0 aromatic heterocycles. The summed E-state index contributed by atoms with van der Waals surface area (Å²) in [6.07, 6.45) is 9.94. The number of hydrogen-bond acceptors (Lipinski definition) is 4. The van der Waals surface area contributed by atoms with Gasteiger partial charge < -0.3 is 10.1 Å². The van der Waals surface area contributed by atoms with Gasteiger partial charge in [-0.1, -0.05) is 37.3 Å². The summed E-state index contributed by atoms with van der Waals surface area (Å²) in [5, 5.41) is 3.37. The number of carbonyl (C=O) groups excluding carboxylic acids is 1. The maximum atomic E-state index is 12.4. The van der Waals surface area contributed by atoms with Crippen LogP contribution >= 0.6 is 11.6 Å². The first-order chi connectivity index (χ1) is 13.8. The molecule has 1 heterocycles. The van der Waals surface area contributed by atoms with Crippen molar-refractivity contribution in [3.8, 4) is 5.75 Å². The van der Waals surface area contributed by atoms with E-state index >= 15 is 0 Å². The van der Waals surface area contributed by atoms with E-state index in [0.717, 1.165) is 12.3 Å². The van der Waals surface area contributed by atoms with Gasteiger partial charge in [0.25, 0.3) is 5.91 Å². The number of ether oxygens (including phenoxy) is 1. The third kappa shape index (κ3) is 6.59. The van der Waals surface area contributed by atoms with Gasteiger partial charge in [-0.25, -0.2) is 12.7 Å². The monoisotopic (exact) mass is 442 g/mol. The Morgan fingerprint density at radius 2 is 1.90 bits per heavy atom. The van der Waals surface area contributed by atoms with Crippen molar-refractivity contribution in [3.05, 3.63) is 28.8 Å². The average molecular weight is 443 g/mol. The van der Waals surface area contributed by atoms with Crippen molar-refractivity contribution in [1.82, 2.24) is 9.62 Å². The fourth-order valence-electron chi connectivity index (χ4n) is 4.19. The Labute approximate surface area is 179 Å². The summed E-state index contributed by atoms with van der Waals surface area (Å²) < 4.78 is 30.6. The summed E-state index contributed by atoms with van der Waals surface area (Å²) >= 11 is 6.33. The van der Waals surface area contributed by atoms with Crippen LogP contribution in [0.2, 0.25) is 5.02 Å². The number of nitrogens with one attached hydrogen (secondary N) is 1. The van der Waals surface area contributed by atoms with Crippen LogP contribution in [0.1, 0.15) is 61.7 Å². The molecular formula is C21H31ClN2O4S. The van der Waals surface area contributed by atoms with E-state index in [4.69, 9.17) is 16.3 Å². The molecule has 0 unspecified atom stereocenters. The minimum atomic E-state index is -3.15. The minimum Gasteiger partial charge on any atom is -0.489 e. The van der Waals surface area contributed by atoms with Crippen molar-refractivity contribution in [2.24, 2.45) is 5.92 Å². The van der Waals surface area contributed by atoms with Crippen LogP contribution in [0.5, 0.6) is 5.75 Å². The normalized spacial score (nSPS) is 19.4. The van der Waals surface area contributed by atoms with E-state index in [1.807, 2.05) is 0 Å². The van der Waals surface area contributed by atoms with Crippen molar-refractivity contribution in [3.63, 3.8) is 0 Å². The van der Waals surface area contributed by atoms with Crippen LogP contribution in [0, 0.1) is 5.92 Å². The van der Waals surface area contributed by atoms with Crippen LogP contribution in [0.4, 0.5) is 0 Å². The van der Waals surface area contributed by atoms with Crippen LogP contribution in [0.15, 0.2) is 18.2 Å². The highest BCUT2D eigenvalue weighted by molar-refractivity contribution is 7.88. The van der Waals surface area contributed by atoms with Crippen molar-refractivity contribution < 1.29 is 17.9 Å². The second-order valence-corrected chi connectivity index (χ2v) is 10.6. The number of benzene rings is 1. The zero-order chi connectivity index (χ0) is 20.9. The van der Waals surface area contributed by atoms with Crippen molar-refractivity contribution >= 4 is 27.5 Å². The van der Waals surface area contributed by atoms with Gasteiger partial charge in [-0.2, -0.15) is 0 Å². The molecule has 1 saturated carbocycles. The Morgan fingerprint density at radius 1 is 1.21 bits per heavy atom. The molecule has 1 aliphatic carbocycles. The van der Waals surface area contributed by atoms with Crippen molar-refractivity contribution in [1.29, 1.82) is 0 Å². The fraction of sp³-hybridized carbons (Fsp3) is 0.667. The van der Waals surface area contributed by atoms with Gasteiger partial charge in [0.2, 0.25) is 10.0 Å². The fourth-order valence-corrected chi connectivity index (χ4v) is 5.29. The Balaban J connectivity index is 1.45.